The zero-order valence-electron chi connectivity index (χ0n) is 21.8. The maximum atomic E-state index is 17.3. The molecule has 200 valence electrons. The molecule has 3 saturated carbocycles. The van der Waals surface area contributed by atoms with Crippen molar-refractivity contribution in [3.05, 3.63) is 23.8 Å². The van der Waals surface area contributed by atoms with Crippen LogP contribution in [0.3, 0.4) is 0 Å². The second-order valence-electron chi connectivity index (χ2n) is 11.7. The fraction of sp³-hybridized carbons (Fsp3) is 0.741. The van der Waals surface area contributed by atoms with E-state index in [-0.39, 0.29) is 31.3 Å². The SMILES string of the molecule is C[C@@H]1C[C@H]2[C@@H]3CCC4=C/C(=N/OCCC(=O)N(C)C)C=C[C@]4(C)[C@@]3(F)[C@@H](O)C[C@]2(C)[C@@]1(O)C(=O)CO. The molecule has 8 nitrogen and oxygen atoms in total. The summed E-state index contributed by atoms with van der Waals surface area (Å²) in [5.41, 5.74) is -4.58. The zero-order valence-corrected chi connectivity index (χ0v) is 21.8. The number of hydrogen-bond donors (Lipinski definition) is 3. The van der Waals surface area contributed by atoms with E-state index in [1.54, 1.807) is 53.1 Å². The van der Waals surface area contributed by atoms with Crippen molar-refractivity contribution in [3.8, 4) is 0 Å². The summed E-state index contributed by atoms with van der Waals surface area (Å²) >= 11 is 0. The van der Waals surface area contributed by atoms with E-state index < -0.39 is 52.4 Å². The average molecular weight is 507 g/mol. The van der Waals surface area contributed by atoms with Crippen LogP contribution in [0.1, 0.15) is 52.9 Å². The molecule has 0 aromatic heterocycles. The molecule has 36 heavy (non-hydrogen) atoms. The van der Waals surface area contributed by atoms with Crippen molar-refractivity contribution in [2.75, 3.05) is 27.3 Å². The van der Waals surface area contributed by atoms with Crippen molar-refractivity contribution in [2.24, 2.45) is 33.7 Å². The lowest BCUT2D eigenvalue weighted by Crippen LogP contribution is -2.69. The number of oxime groups is 1. The third kappa shape index (κ3) is 3.53. The summed E-state index contributed by atoms with van der Waals surface area (Å²) in [4.78, 5) is 31.2. The number of ketones is 1. The first-order valence-corrected chi connectivity index (χ1v) is 12.8. The molecule has 0 aromatic rings. The fourth-order valence-electron chi connectivity index (χ4n) is 7.80. The van der Waals surface area contributed by atoms with Crippen molar-refractivity contribution in [2.45, 2.75) is 70.2 Å². The first kappa shape index (κ1) is 26.9. The van der Waals surface area contributed by atoms with E-state index in [9.17, 15) is 24.9 Å². The van der Waals surface area contributed by atoms with Gasteiger partial charge in [-0.05, 0) is 56.6 Å². The summed E-state index contributed by atoms with van der Waals surface area (Å²) in [6.45, 7) is 4.69. The number of nitrogens with zero attached hydrogens (tertiary/aromatic N) is 2. The predicted octanol–water partition coefficient (Wildman–Crippen LogP) is 2.18. The Balaban J connectivity index is 1.61. The molecule has 4 aliphatic carbocycles. The number of alkyl halides is 1. The Bertz CT molecular complexity index is 1030. The lowest BCUT2D eigenvalue weighted by molar-refractivity contribution is -0.219. The van der Waals surface area contributed by atoms with Crippen LogP contribution in [-0.2, 0) is 14.4 Å². The van der Waals surface area contributed by atoms with Gasteiger partial charge in [-0.3, -0.25) is 9.59 Å². The quantitative estimate of drug-likeness (QED) is 0.375. The lowest BCUT2D eigenvalue weighted by Gasteiger charge is -2.62. The molecule has 0 unspecified atom stereocenters. The Morgan fingerprint density at radius 1 is 1.28 bits per heavy atom. The number of fused-ring (bicyclic) bond motifs is 5. The Labute approximate surface area is 211 Å². The maximum Gasteiger partial charge on any atom is 0.225 e. The topological polar surface area (TPSA) is 120 Å². The Kier molecular flexibility index (Phi) is 6.76. The van der Waals surface area contributed by atoms with Crippen molar-refractivity contribution >= 4 is 17.4 Å². The first-order valence-electron chi connectivity index (χ1n) is 12.8. The van der Waals surface area contributed by atoms with Gasteiger partial charge in [0.25, 0.3) is 0 Å². The van der Waals surface area contributed by atoms with Crippen molar-refractivity contribution in [3.63, 3.8) is 0 Å². The number of carbonyl (C=O) groups excluding carboxylic acids is 2. The molecule has 3 N–H and O–H groups in total. The molecule has 8 atom stereocenters. The predicted molar refractivity (Wildman–Crippen MR) is 132 cm³/mol. The maximum absolute atomic E-state index is 17.3. The molecule has 0 aliphatic heterocycles. The molecule has 0 spiro atoms. The first-order chi connectivity index (χ1) is 16.8. The highest BCUT2D eigenvalue weighted by Gasteiger charge is 2.75. The molecule has 4 rings (SSSR count). The van der Waals surface area contributed by atoms with Crippen molar-refractivity contribution in [1.29, 1.82) is 0 Å². The minimum atomic E-state index is -1.99. The number of allylic oxidation sites excluding steroid dienone is 4. The van der Waals surface area contributed by atoms with Crippen LogP contribution in [-0.4, -0.2) is 82.3 Å². The molecule has 0 bridgehead atoms. The van der Waals surface area contributed by atoms with E-state index in [1.165, 1.54) is 4.90 Å². The third-order valence-corrected chi connectivity index (χ3v) is 9.88. The zero-order chi connectivity index (χ0) is 26.7. The molecular weight excluding hydrogens is 467 g/mol. The molecule has 0 saturated heterocycles. The minimum Gasteiger partial charge on any atom is -0.395 e. The number of Topliss-reactive ketones (excluding diaryl/α,β-unsaturated/α-hetero) is 1. The van der Waals surface area contributed by atoms with Gasteiger partial charge in [-0.1, -0.05) is 30.7 Å². The highest BCUT2D eigenvalue weighted by atomic mass is 19.1. The average Bonchev–Trinajstić information content (AvgIpc) is 3.03. The van der Waals surface area contributed by atoms with Gasteiger partial charge in [0.2, 0.25) is 5.91 Å². The van der Waals surface area contributed by atoms with Crippen LogP contribution >= 0.6 is 0 Å². The second kappa shape index (κ2) is 9.03. The Hall–Kier alpha value is -2.10. The van der Waals surface area contributed by atoms with E-state index in [1.807, 2.05) is 0 Å². The highest BCUT2D eigenvalue weighted by molar-refractivity contribution is 6.05. The van der Waals surface area contributed by atoms with E-state index in [2.05, 4.69) is 5.16 Å². The normalized spacial score (nSPS) is 44.4. The molecule has 0 aromatic carbocycles. The number of aliphatic hydroxyl groups is 3. The number of rotatable bonds is 6. The van der Waals surface area contributed by atoms with Gasteiger partial charge in [-0.15, -0.1) is 0 Å². The van der Waals surface area contributed by atoms with E-state index in [0.29, 0.717) is 25.0 Å². The summed E-state index contributed by atoms with van der Waals surface area (Å²) in [6.07, 6.45) is 5.45. The third-order valence-electron chi connectivity index (χ3n) is 9.88. The van der Waals surface area contributed by atoms with Crippen LogP contribution in [0.5, 0.6) is 0 Å². The van der Waals surface area contributed by atoms with Gasteiger partial charge in [0.15, 0.2) is 11.5 Å². The van der Waals surface area contributed by atoms with Crippen molar-refractivity contribution < 1.29 is 34.1 Å². The van der Waals surface area contributed by atoms with E-state index in [0.717, 1.165) is 5.57 Å². The van der Waals surface area contributed by atoms with E-state index in [4.69, 9.17) is 4.84 Å². The molecular formula is C27H39FN2O6. The minimum absolute atomic E-state index is 0.0647. The number of halogens is 1. The second-order valence-corrected chi connectivity index (χ2v) is 11.7. The Morgan fingerprint density at radius 2 is 1.97 bits per heavy atom. The Morgan fingerprint density at radius 3 is 2.61 bits per heavy atom. The van der Waals surface area contributed by atoms with Gasteiger partial charge in [0.05, 0.1) is 12.5 Å². The summed E-state index contributed by atoms with van der Waals surface area (Å²) in [5.74, 6) is -2.06. The van der Waals surface area contributed by atoms with Gasteiger partial charge in [0, 0.05) is 30.8 Å². The van der Waals surface area contributed by atoms with Crippen LogP contribution < -0.4 is 0 Å². The van der Waals surface area contributed by atoms with Crippen molar-refractivity contribution in [1.82, 2.24) is 4.90 Å². The smallest absolute Gasteiger partial charge is 0.225 e. The van der Waals surface area contributed by atoms with Crippen LogP contribution in [0.4, 0.5) is 4.39 Å². The summed E-state index contributed by atoms with van der Waals surface area (Å²) in [5, 5.41) is 36.6. The van der Waals surface area contributed by atoms with Crippen LogP contribution in [0.15, 0.2) is 29.0 Å². The van der Waals surface area contributed by atoms with Gasteiger partial charge in [-0.25, -0.2) is 4.39 Å². The van der Waals surface area contributed by atoms with Gasteiger partial charge < -0.3 is 25.1 Å². The molecule has 1 amide bonds. The molecule has 9 heteroatoms. The molecule has 4 aliphatic rings. The monoisotopic (exact) mass is 506 g/mol. The highest BCUT2D eigenvalue weighted by Crippen LogP contribution is 2.70. The fourth-order valence-corrected chi connectivity index (χ4v) is 7.80. The number of hydrogen-bond acceptors (Lipinski definition) is 7. The number of carbonyl (C=O) groups is 2. The number of amides is 1. The van der Waals surface area contributed by atoms with Gasteiger partial charge >= 0.3 is 0 Å². The lowest BCUT2D eigenvalue weighted by atomic mass is 9.44. The molecule has 0 radical (unpaired) electrons. The van der Waals surface area contributed by atoms with E-state index >= 15 is 4.39 Å². The van der Waals surface area contributed by atoms with Crippen LogP contribution in [0, 0.1) is 28.6 Å². The summed E-state index contributed by atoms with van der Waals surface area (Å²) in [6, 6.07) is 0. The van der Waals surface area contributed by atoms with Gasteiger partial charge in [-0.2, -0.15) is 0 Å². The molecule has 0 heterocycles. The van der Waals surface area contributed by atoms with Crippen LogP contribution in [0.2, 0.25) is 0 Å². The van der Waals surface area contributed by atoms with Crippen LogP contribution in [0.25, 0.3) is 0 Å². The molecule has 3 fully saturated rings. The number of aliphatic hydroxyl groups excluding tert-OH is 2. The summed E-state index contributed by atoms with van der Waals surface area (Å²) < 4.78 is 17.3. The standard InChI is InChI=1S/C27H39FN2O6/c1-16-12-20-19-7-6-17-13-18(29-36-11-9-23(34)30(4)5)8-10-24(17,2)26(19,28)21(32)14-25(20,3)27(16,35)22(33)15-31/h8,10,13,16,19-21,31-32,35H,6-7,9,11-12,14-15H2,1-5H3/b29-18+/t16-,19+,20+,21+,24+,25+,26+,27+/m1/s1. The van der Waals surface area contributed by atoms with Gasteiger partial charge in [0.1, 0.15) is 24.5 Å². The largest absolute Gasteiger partial charge is 0.395 e. The summed E-state index contributed by atoms with van der Waals surface area (Å²) in [7, 11) is 3.35.